The van der Waals surface area contributed by atoms with Crippen molar-refractivity contribution < 1.29 is 9.50 Å². The van der Waals surface area contributed by atoms with Gasteiger partial charge >= 0.3 is 0 Å². The zero-order chi connectivity index (χ0) is 14.5. The van der Waals surface area contributed by atoms with Gasteiger partial charge in [0.1, 0.15) is 0 Å². The molecule has 0 bridgehead atoms. The molecular formula is C15H22BrCl2FN2O. The minimum absolute atomic E-state index is 0. The van der Waals surface area contributed by atoms with Crippen LogP contribution in [0.1, 0.15) is 24.4 Å². The minimum Gasteiger partial charge on any atom is -0.505 e. The molecule has 1 fully saturated rings. The average molecular weight is 416 g/mol. The highest BCUT2D eigenvalue weighted by Gasteiger charge is 2.25. The smallest absolute Gasteiger partial charge is 0.166 e. The van der Waals surface area contributed by atoms with Crippen molar-refractivity contribution in [1.82, 2.24) is 10.2 Å². The van der Waals surface area contributed by atoms with Gasteiger partial charge in [-0.05, 0) is 25.0 Å². The lowest BCUT2D eigenvalue weighted by molar-refractivity contribution is 0.163. The highest BCUT2D eigenvalue weighted by Crippen LogP contribution is 2.36. The van der Waals surface area contributed by atoms with Crippen molar-refractivity contribution >= 4 is 40.7 Å². The molecule has 2 rings (SSSR count). The summed E-state index contributed by atoms with van der Waals surface area (Å²) >= 11 is 3.31. The van der Waals surface area contributed by atoms with E-state index in [9.17, 15) is 9.50 Å². The fraction of sp³-hybridized carbons (Fsp3) is 0.467. The van der Waals surface area contributed by atoms with Gasteiger partial charge in [-0.2, -0.15) is 0 Å². The highest BCUT2D eigenvalue weighted by molar-refractivity contribution is 9.10. The van der Waals surface area contributed by atoms with Gasteiger partial charge in [0.25, 0.3) is 0 Å². The first kappa shape index (κ1) is 21.7. The number of aromatic hydroxyl groups is 1. The van der Waals surface area contributed by atoms with Gasteiger partial charge in [-0.1, -0.05) is 22.0 Å². The van der Waals surface area contributed by atoms with Crippen LogP contribution < -0.4 is 5.32 Å². The van der Waals surface area contributed by atoms with Crippen LogP contribution in [0.5, 0.6) is 5.75 Å². The third-order valence-electron chi connectivity index (χ3n) is 3.65. The Labute approximate surface area is 151 Å². The number of benzene rings is 1. The first-order valence-corrected chi connectivity index (χ1v) is 7.66. The third-order valence-corrected chi connectivity index (χ3v) is 4.11. The second-order valence-corrected chi connectivity index (χ2v) is 5.91. The summed E-state index contributed by atoms with van der Waals surface area (Å²) < 4.78 is 14.4. The highest BCUT2D eigenvalue weighted by atomic mass is 79.9. The molecule has 0 aromatic heterocycles. The topological polar surface area (TPSA) is 35.5 Å². The molecule has 1 aromatic rings. The summed E-state index contributed by atoms with van der Waals surface area (Å²) in [4.78, 5) is 2.29. The Morgan fingerprint density at radius 1 is 1.36 bits per heavy atom. The van der Waals surface area contributed by atoms with Gasteiger partial charge in [-0.15, -0.1) is 31.4 Å². The van der Waals surface area contributed by atoms with Gasteiger partial charge in [0.15, 0.2) is 11.6 Å². The zero-order valence-electron chi connectivity index (χ0n) is 12.2. The molecule has 1 aliphatic rings. The quantitative estimate of drug-likeness (QED) is 0.712. The van der Waals surface area contributed by atoms with E-state index in [1.165, 1.54) is 6.07 Å². The van der Waals surface area contributed by atoms with Crippen LogP contribution in [-0.4, -0.2) is 36.2 Å². The monoisotopic (exact) mass is 414 g/mol. The number of halogens is 4. The van der Waals surface area contributed by atoms with Crippen molar-refractivity contribution in [3.63, 3.8) is 0 Å². The fourth-order valence-electron chi connectivity index (χ4n) is 2.64. The van der Waals surface area contributed by atoms with E-state index in [0.717, 1.165) is 39.0 Å². The van der Waals surface area contributed by atoms with E-state index in [1.54, 1.807) is 0 Å². The number of phenolic OH excluding ortho intramolecular Hbond substituents is 1. The lowest BCUT2D eigenvalue weighted by Gasteiger charge is -2.35. The summed E-state index contributed by atoms with van der Waals surface area (Å²) in [6, 6.07) is 3.12. The Morgan fingerprint density at radius 3 is 2.59 bits per heavy atom. The largest absolute Gasteiger partial charge is 0.505 e. The summed E-state index contributed by atoms with van der Waals surface area (Å²) in [5.74, 6) is -0.811. The van der Waals surface area contributed by atoms with Crippen LogP contribution in [0.25, 0.3) is 0 Å². The second-order valence-electron chi connectivity index (χ2n) is 4.99. The number of hydrogen-bond acceptors (Lipinski definition) is 3. The van der Waals surface area contributed by atoms with E-state index < -0.39 is 5.82 Å². The van der Waals surface area contributed by atoms with Crippen molar-refractivity contribution in [2.75, 3.05) is 26.2 Å². The van der Waals surface area contributed by atoms with Crippen molar-refractivity contribution in [3.8, 4) is 5.75 Å². The average Bonchev–Trinajstić information content (AvgIpc) is 2.45. The molecule has 7 heteroatoms. The molecule has 0 aliphatic carbocycles. The van der Waals surface area contributed by atoms with Gasteiger partial charge in [-0.25, -0.2) is 4.39 Å². The first-order valence-electron chi connectivity index (χ1n) is 6.87. The van der Waals surface area contributed by atoms with Crippen LogP contribution in [0.4, 0.5) is 4.39 Å². The maximum Gasteiger partial charge on any atom is 0.166 e. The van der Waals surface area contributed by atoms with E-state index >= 15 is 0 Å². The molecule has 126 valence electrons. The van der Waals surface area contributed by atoms with Gasteiger partial charge in [-0.3, -0.25) is 4.90 Å². The summed E-state index contributed by atoms with van der Waals surface area (Å²) in [6.45, 7) is 7.39. The molecule has 22 heavy (non-hydrogen) atoms. The number of rotatable bonds is 5. The lowest BCUT2D eigenvalue weighted by Crippen LogP contribution is -2.45. The van der Waals surface area contributed by atoms with Crippen LogP contribution in [-0.2, 0) is 0 Å². The Hall–Kier alpha value is -0.330. The van der Waals surface area contributed by atoms with Crippen molar-refractivity contribution in [1.29, 1.82) is 0 Å². The van der Waals surface area contributed by atoms with E-state index in [1.807, 2.05) is 12.1 Å². The predicted molar refractivity (Wildman–Crippen MR) is 96.9 cm³/mol. The molecule has 1 aliphatic heterocycles. The third kappa shape index (κ3) is 5.39. The molecule has 1 saturated heterocycles. The van der Waals surface area contributed by atoms with E-state index in [-0.39, 0.29) is 36.6 Å². The number of phenols is 1. The Morgan fingerprint density at radius 2 is 2.00 bits per heavy atom. The molecule has 3 nitrogen and oxygen atoms in total. The predicted octanol–water partition coefficient (Wildman–Crippen LogP) is 4.05. The maximum absolute atomic E-state index is 13.8. The second kappa shape index (κ2) is 10.4. The molecule has 2 N–H and O–H groups in total. The summed E-state index contributed by atoms with van der Waals surface area (Å²) in [7, 11) is 0. The summed E-state index contributed by atoms with van der Waals surface area (Å²) in [5, 5.41) is 13.4. The number of allylic oxidation sites excluding steroid dienone is 1. The first-order chi connectivity index (χ1) is 9.63. The van der Waals surface area contributed by atoms with Crippen molar-refractivity contribution in [2.45, 2.75) is 18.9 Å². The maximum atomic E-state index is 13.8. The number of nitrogens with zero attached hydrogens (tertiary/aromatic N) is 1. The van der Waals surface area contributed by atoms with E-state index in [0.29, 0.717) is 10.0 Å². The Balaban J connectivity index is 0.00000220. The number of nitrogens with one attached hydrogen (secondary N) is 1. The molecule has 0 amide bonds. The molecule has 1 atom stereocenters. The van der Waals surface area contributed by atoms with E-state index in [2.05, 4.69) is 32.7 Å². The lowest BCUT2D eigenvalue weighted by atomic mass is 9.98. The molecule has 0 spiro atoms. The number of piperazine rings is 1. The fourth-order valence-corrected chi connectivity index (χ4v) is 3.09. The SMILES string of the molecule is C=CCC[C@H](c1cc(Br)cc(F)c1O)N1CCNCC1.Cl.Cl. The van der Waals surface area contributed by atoms with Crippen molar-refractivity contribution in [2.24, 2.45) is 0 Å². The zero-order valence-corrected chi connectivity index (χ0v) is 15.4. The normalized spacial score (nSPS) is 16.3. The molecule has 0 unspecified atom stereocenters. The van der Waals surface area contributed by atoms with Gasteiger partial charge in [0.2, 0.25) is 0 Å². The van der Waals surface area contributed by atoms with E-state index in [4.69, 9.17) is 0 Å². The molecular weight excluding hydrogens is 394 g/mol. The molecule has 0 saturated carbocycles. The van der Waals surface area contributed by atoms with Crippen LogP contribution in [0.15, 0.2) is 29.3 Å². The molecule has 1 heterocycles. The molecule has 1 aromatic carbocycles. The summed E-state index contributed by atoms with van der Waals surface area (Å²) in [5.41, 5.74) is 0.653. The van der Waals surface area contributed by atoms with Crippen molar-refractivity contribution in [3.05, 3.63) is 40.6 Å². The van der Waals surface area contributed by atoms with Gasteiger partial charge in [0, 0.05) is 42.3 Å². The van der Waals surface area contributed by atoms with Crippen LogP contribution in [0.3, 0.4) is 0 Å². The van der Waals surface area contributed by atoms with Crippen LogP contribution in [0.2, 0.25) is 0 Å². The van der Waals surface area contributed by atoms with Crippen LogP contribution >= 0.6 is 40.7 Å². The van der Waals surface area contributed by atoms with Crippen LogP contribution in [0, 0.1) is 5.82 Å². The minimum atomic E-state index is -0.576. The number of hydrogen-bond donors (Lipinski definition) is 2. The van der Waals surface area contributed by atoms with Gasteiger partial charge in [0.05, 0.1) is 0 Å². The molecule has 0 radical (unpaired) electrons. The Kier molecular flexibility index (Phi) is 10.3. The van der Waals surface area contributed by atoms with Gasteiger partial charge < -0.3 is 10.4 Å². The summed E-state index contributed by atoms with van der Waals surface area (Å²) in [6.07, 6.45) is 3.52. The Bertz CT molecular complexity index is 485. The standard InChI is InChI=1S/C15H20BrFN2O.2ClH/c1-2-3-4-14(19-7-5-18-6-8-19)12-9-11(16)10-13(17)15(12)20;;/h2,9-10,14,18,20H,1,3-8H2;2*1H/t14-;;/m1../s1.